The maximum absolute atomic E-state index is 12.2. The zero-order valence-corrected chi connectivity index (χ0v) is 15.4. The van der Waals surface area contributed by atoms with Gasteiger partial charge in [0.25, 0.3) is 0 Å². The average molecular weight is 390 g/mol. The van der Waals surface area contributed by atoms with E-state index in [0.29, 0.717) is 21.5 Å². The molecule has 0 bridgehead atoms. The molecule has 0 fully saturated rings. The Morgan fingerprint density at radius 1 is 1.18 bits per heavy atom. The minimum absolute atomic E-state index is 0.149. The summed E-state index contributed by atoms with van der Waals surface area (Å²) in [5.41, 5.74) is 2.19. The summed E-state index contributed by atoms with van der Waals surface area (Å²) in [4.78, 5) is 36.3. The van der Waals surface area contributed by atoms with Gasteiger partial charge in [0.2, 0.25) is 11.8 Å². The van der Waals surface area contributed by atoms with Crippen molar-refractivity contribution in [1.82, 2.24) is 15.0 Å². The second kappa shape index (κ2) is 8.66. The van der Waals surface area contributed by atoms with Crippen LogP contribution in [0.25, 0.3) is 11.3 Å². The summed E-state index contributed by atoms with van der Waals surface area (Å²) in [5.74, 6) is -0.272. The highest BCUT2D eigenvalue weighted by Gasteiger charge is 2.09. The van der Waals surface area contributed by atoms with Gasteiger partial charge in [-0.2, -0.15) is 5.26 Å². The largest absolute Gasteiger partial charge is 0.306 e. The van der Waals surface area contributed by atoms with Gasteiger partial charge in [0, 0.05) is 5.56 Å². The van der Waals surface area contributed by atoms with Crippen molar-refractivity contribution in [1.29, 1.82) is 5.26 Å². The van der Waals surface area contributed by atoms with Gasteiger partial charge in [0.1, 0.15) is 10.9 Å². The molecule has 0 unspecified atom stereocenters. The summed E-state index contributed by atoms with van der Waals surface area (Å²) in [5, 5.41) is 14.4. The quantitative estimate of drug-likeness (QED) is 0.624. The number of carbonyl (C=O) groups is 2. The van der Waals surface area contributed by atoms with Crippen LogP contribution in [-0.2, 0) is 16.0 Å². The standard InChI is InChI=1S/C19H14N6O2S/c1-2-17(26)24-16-11-21-15(10-22-16)13-5-3-4-12(6-13)7-18(27)25-19-23-9-14(8-20)28-19/h2-6,9-11H,1,7H2,(H,22,24,26)(H,23,25,27). The summed E-state index contributed by atoms with van der Waals surface area (Å²) >= 11 is 1.12. The fourth-order valence-corrected chi connectivity index (χ4v) is 2.92. The lowest BCUT2D eigenvalue weighted by Gasteiger charge is -2.06. The van der Waals surface area contributed by atoms with E-state index < -0.39 is 0 Å². The predicted molar refractivity (Wildman–Crippen MR) is 105 cm³/mol. The highest BCUT2D eigenvalue weighted by atomic mass is 32.1. The summed E-state index contributed by atoms with van der Waals surface area (Å²) in [6.07, 6.45) is 5.70. The first-order chi connectivity index (χ1) is 13.6. The van der Waals surface area contributed by atoms with Gasteiger partial charge in [-0.05, 0) is 17.7 Å². The van der Waals surface area contributed by atoms with Gasteiger partial charge < -0.3 is 10.6 Å². The van der Waals surface area contributed by atoms with Gasteiger partial charge >= 0.3 is 0 Å². The second-order valence-corrected chi connectivity index (χ2v) is 6.58. The maximum atomic E-state index is 12.2. The molecular formula is C19H14N6O2S. The first kappa shape index (κ1) is 18.9. The number of anilines is 2. The molecule has 28 heavy (non-hydrogen) atoms. The number of carbonyl (C=O) groups excluding carboxylic acids is 2. The molecule has 1 aromatic carbocycles. The molecule has 2 N–H and O–H groups in total. The Labute approximate surface area is 164 Å². The van der Waals surface area contributed by atoms with Crippen LogP contribution in [0.15, 0.2) is 55.5 Å². The Morgan fingerprint density at radius 3 is 2.71 bits per heavy atom. The van der Waals surface area contributed by atoms with Gasteiger partial charge in [0.15, 0.2) is 10.9 Å². The van der Waals surface area contributed by atoms with Crippen molar-refractivity contribution in [2.75, 3.05) is 10.6 Å². The predicted octanol–water partition coefficient (Wildman–Crippen LogP) is 2.78. The molecule has 3 rings (SSSR count). The summed E-state index contributed by atoms with van der Waals surface area (Å²) in [6.45, 7) is 3.38. The molecule has 9 heteroatoms. The number of nitrogens with one attached hydrogen (secondary N) is 2. The lowest BCUT2D eigenvalue weighted by atomic mass is 10.1. The first-order valence-corrected chi connectivity index (χ1v) is 8.89. The fourth-order valence-electron chi connectivity index (χ4n) is 2.29. The SMILES string of the molecule is C=CC(=O)Nc1cnc(-c2cccc(CC(=O)Nc3ncc(C#N)s3)c2)cn1. The van der Waals surface area contributed by atoms with Crippen LogP contribution in [0.1, 0.15) is 10.4 Å². The number of hydrogen-bond donors (Lipinski definition) is 2. The number of aromatic nitrogens is 3. The van der Waals surface area contributed by atoms with E-state index in [0.717, 1.165) is 28.5 Å². The Bertz CT molecular complexity index is 1070. The van der Waals surface area contributed by atoms with Crippen molar-refractivity contribution in [2.24, 2.45) is 0 Å². The van der Waals surface area contributed by atoms with Crippen LogP contribution < -0.4 is 10.6 Å². The average Bonchev–Trinajstić information content (AvgIpc) is 3.16. The van der Waals surface area contributed by atoms with Gasteiger partial charge in [-0.1, -0.05) is 36.1 Å². The van der Waals surface area contributed by atoms with E-state index in [9.17, 15) is 9.59 Å². The zero-order valence-electron chi connectivity index (χ0n) is 14.5. The number of rotatable bonds is 6. The molecule has 138 valence electrons. The van der Waals surface area contributed by atoms with Crippen LogP contribution in [0.4, 0.5) is 10.9 Å². The van der Waals surface area contributed by atoms with E-state index in [-0.39, 0.29) is 18.2 Å². The number of thiazole rings is 1. The van der Waals surface area contributed by atoms with Gasteiger partial charge in [0.05, 0.1) is 30.7 Å². The van der Waals surface area contributed by atoms with Crippen molar-refractivity contribution < 1.29 is 9.59 Å². The lowest BCUT2D eigenvalue weighted by Crippen LogP contribution is -2.14. The van der Waals surface area contributed by atoms with Crippen LogP contribution in [0.2, 0.25) is 0 Å². The van der Waals surface area contributed by atoms with Crippen LogP contribution in [0.3, 0.4) is 0 Å². The number of nitriles is 1. The van der Waals surface area contributed by atoms with Gasteiger partial charge in [-0.25, -0.2) is 9.97 Å². The van der Waals surface area contributed by atoms with Gasteiger partial charge in [-0.15, -0.1) is 0 Å². The van der Waals surface area contributed by atoms with Crippen LogP contribution in [0.5, 0.6) is 0 Å². The molecular weight excluding hydrogens is 376 g/mol. The zero-order chi connectivity index (χ0) is 19.9. The highest BCUT2D eigenvalue weighted by molar-refractivity contribution is 7.16. The molecule has 0 spiro atoms. The Balaban J connectivity index is 1.68. The third kappa shape index (κ3) is 4.84. The molecule has 0 saturated heterocycles. The van der Waals surface area contributed by atoms with Crippen LogP contribution >= 0.6 is 11.3 Å². The highest BCUT2D eigenvalue weighted by Crippen LogP contribution is 2.20. The van der Waals surface area contributed by atoms with Crippen molar-refractivity contribution in [3.05, 3.63) is 66.0 Å². The van der Waals surface area contributed by atoms with E-state index in [1.54, 1.807) is 0 Å². The number of benzene rings is 1. The van der Waals surface area contributed by atoms with Crippen molar-refractivity contribution in [3.63, 3.8) is 0 Å². The molecule has 0 aliphatic carbocycles. The Morgan fingerprint density at radius 2 is 2.04 bits per heavy atom. The van der Waals surface area contributed by atoms with E-state index in [1.807, 2.05) is 30.3 Å². The number of amides is 2. The maximum Gasteiger partial charge on any atom is 0.248 e. The number of nitrogens with zero attached hydrogens (tertiary/aromatic N) is 4. The third-order valence-electron chi connectivity index (χ3n) is 3.54. The van der Waals surface area contributed by atoms with E-state index in [2.05, 4.69) is 32.2 Å². The molecule has 2 amide bonds. The van der Waals surface area contributed by atoms with Crippen molar-refractivity contribution >= 4 is 34.1 Å². The van der Waals surface area contributed by atoms with Crippen LogP contribution in [-0.4, -0.2) is 26.8 Å². The van der Waals surface area contributed by atoms with Crippen molar-refractivity contribution in [2.45, 2.75) is 6.42 Å². The van der Waals surface area contributed by atoms with Crippen molar-refractivity contribution in [3.8, 4) is 17.3 Å². The molecule has 0 aliphatic heterocycles. The normalized spacial score (nSPS) is 9.96. The second-order valence-electron chi connectivity index (χ2n) is 5.55. The molecule has 2 heterocycles. The van der Waals surface area contributed by atoms with E-state index >= 15 is 0 Å². The molecule has 2 aromatic heterocycles. The summed E-state index contributed by atoms with van der Waals surface area (Å²) in [6, 6.07) is 9.33. The van der Waals surface area contributed by atoms with E-state index in [1.165, 1.54) is 18.6 Å². The fraction of sp³-hybridized carbons (Fsp3) is 0.0526. The molecule has 0 radical (unpaired) electrons. The van der Waals surface area contributed by atoms with Crippen LogP contribution in [0, 0.1) is 11.3 Å². The topological polar surface area (TPSA) is 121 Å². The molecule has 0 saturated carbocycles. The van der Waals surface area contributed by atoms with Gasteiger partial charge in [-0.3, -0.25) is 14.6 Å². The summed E-state index contributed by atoms with van der Waals surface area (Å²) in [7, 11) is 0. The Kier molecular flexibility index (Phi) is 5.84. The summed E-state index contributed by atoms with van der Waals surface area (Å²) < 4.78 is 0. The molecule has 3 aromatic rings. The molecule has 0 atom stereocenters. The minimum atomic E-state index is -0.364. The number of hydrogen-bond acceptors (Lipinski definition) is 7. The smallest absolute Gasteiger partial charge is 0.248 e. The van der Waals surface area contributed by atoms with E-state index in [4.69, 9.17) is 5.26 Å². The monoisotopic (exact) mass is 390 g/mol. The first-order valence-electron chi connectivity index (χ1n) is 8.08. The third-order valence-corrected chi connectivity index (χ3v) is 4.36. The Hall–Kier alpha value is -3.90. The minimum Gasteiger partial charge on any atom is -0.306 e. The lowest BCUT2D eigenvalue weighted by molar-refractivity contribution is -0.115. The molecule has 8 nitrogen and oxygen atoms in total. The molecule has 0 aliphatic rings.